The van der Waals surface area contributed by atoms with Crippen LogP contribution in [0.25, 0.3) is 6.08 Å². The largest absolute Gasteiger partial charge is 0.327 e. The summed E-state index contributed by atoms with van der Waals surface area (Å²) in [5.74, 6) is 0. The average molecular weight is 154 g/mol. The number of nitrogens with two attached hydrogens (primary N) is 1. The van der Waals surface area contributed by atoms with E-state index < -0.39 is 0 Å². The van der Waals surface area contributed by atoms with Crippen LogP contribution in [-0.4, -0.2) is 11.5 Å². The van der Waals surface area contributed by atoms with Crippen LogP contribution in [0.4, 0.5) is 0 Å². The van der Waals surface area contributed by atoms with Gasteiger partial charge >= 0.3 is 0 Å². The lowest BCUT2D eigenvalue weighted by molar-refractivity contribution is 1.24. The fourth-order valence-corrected chi connectivity index (χ4v) is 1.23. The lowest BCUT2D eigenvalue weighted by Crippen LogP contribution is -1.91. The van der Waals surface area contributed by atoms with Crippen molar-refractivity contribution in [2.45, 2.75) is 6.92 Å². The fourth-order valence-electron chi connectivity index (χ4n) is 0.645. The highest BCUT2D eigenvalue weighted by Gasteiger charge is 1.90. The fraction of sp³-hybridized carbons (Fsp3) is 0.286. The van der Waals surface area contributed by atoms with E-state index >= 15 is 0 Å². The molecule has 2 nitrogen and oxygen atoms in total. The second-order valence-electron chi connectivity index (χ2n) is 1.93. The molecule has 1 heterocycles. The van der Waals surface area contributed by atoms with Gasteiger partial charge in [0.05, 0.1) is 10.7 Å². The summed E-state index contributed by atoms with van der Waals surface area (Å²) >= 11 is 1.65. The number of nitrogens with zero attached hydrogens (tertiary/aromatic N) is 1. The van der Waals surface area contributed by atoms with Crippen molar-refractivity contribution in [2.75, 3.05) is 6.54 Å². The van der Waals surface area contributed by atoms with Crippen molar-refractivity contribution < 1.29 is 0 Å². The average Bonchev–Trinajstić information content (AvgIpc) is 2.31. The van der Waals surface area contributed by atoms with Crippen molar-refractivity contribution >= 4 is 17.4 Å². The summed E-state index contributed by atoms with van der Waals surface area (Å²) in [6.07, 6.45) is 3.83. The molecule has 0 spiro atoms. The Balaban J connectivity index is 2.67. The Morgan fingerprint density at radius 1 is 1.80 bits per heavy atom. The summed E-state index contributed by atoms with van der Waals surface area (Å²) in [6.45, 7) is 2.57. The van der Waals surface area contributed by atoms with E-state index in [0.29, 0.717) is 6.54 Å². The molecule has 0 unspecified atom stereocenters. The molecule has 0 atom stereocenters. The van der Waals surface area contributed by atoms with Gasteiger partial charge in [0, 0.05) is 11.9 Å². The molecule has 3 heteroatoms. The maximum atomic E-state index is 5.27. The molecule has 0 aliphatic rings. The molecule has 0 radical (unpaired) electrons. The third-order valence-electron chi connectivity index (χ3n) is 1.06. The van der Waals surface area contributed by atoms with Gasteiger partial charge in [-0.3, -0.25) is 0 Å². The zero-order valence-corrected chi connectivity index (χ0v) is 6.69. The highest BCUT2D eigenvalue weighted by Crippen LogP contribution is 2.08. The number of rotatable bonds is 2. The number of hydrogen-bond donors (Lipinski definition) is 1. The number of aryl methyl sites for hydroxylation is 1. The molecule has 1 aromatic heterocycles. The van der Waals surface area contributed by atoms with Gasteiger partial charge in [-0.15, -0.1) is 11.3 Å². The smallest absolute Gasteiger partial charge is 0.0901 e. The van der Waals surface area contributed by atoms with Crippen LogP contribution in [0.2, 0.25) is 0 Å². The Kier molecular flexibility index (Phi) is 2.59. The summed E-state index contributed by atoms with van der Waals surface area (Å²) in [5, 5.41) is 3.11. The maximum Gasteiger partial charge on any atom is 0.0901 e. The third kappa shape index (κ3) is 1.93. The molecule has 0 amide bonds. The lowest BCUT2D eigenvalue weighted by atomic mass is 10.4. The van der Waals surface area contributed by atoms with Gasteiger partial charge in [-0.2, -0.15) is 0 Å². The zero-order valence-electron chi connectivity index (χ0n) is 5.87. The highest BCUT2D eigenvalue weighted by atomic mass is 32.1. The summed E-state index contributed by atoms with van der Waals surface area (Å²) in [5.41, 5.74) is 6.28. The summed E-state index contributed by atoms with van der Waals surface area (Å²) in [7, 11) is 0. The first-order valence-corrected chi connectivity index (χ1v) is 3.99. The second-order valence-corrected chi connectivity index (χ2v) is 2.99. The van der Waals surface area contributed by atoms with E-state index in [0.717, 1.165) is 10.7 Å². The minimum absolute atomic E-state index is 0.580. The van der Waals surface area contributed by atoms with Gasteiger partial charge < -0.3 is 5.73 Å². The van der Waals surface area contributed by atoms with Crippen LogP contribution in [0.15, 0.2) is 11.5 Å². The second kappa shape index (κ2) is 3.49. The zero-order chi connectivity index (χ0) is 7.40. The van der Waals surface area contributed by atoms with Crippen LogP contribution in [0, 0.1) is 6.92 Å². The van der Waals surface area contributed by atoms with E-state index in [-0.39, 0.29) is 0 Å². The molecule has 0 aliphatic heterocycles. The van der Waals surface area contributed by atoms with Crippen LogP contribution in [-0.2, 0) is 0 Å². The Morgan fingerprint density at radius 3 is 3.10 bits per heavy atom. The van der Waals surface area contributed by atoms with Gasteiger partial charge in [0.25, 0.3) is 0 Å². The molecule has 1 aromatic rings. The Bertz CT molecular complexity index is 227. The predicted octanol–water partition coefficient (Wildman–Crippen LogP) is 1.42. The third-order valence-corrected chi connectivity index (χ3v) is 1.85. The maximum absolute atomic E-state index is 5.27. The van der Waals surface area contributed by atoms with E-state index in [1.807, 2.05) is 24.5 Å². The molecule has 1 rings (SSSR count). The van der Waals surface area contributed by atoms with Crippen LogP contribution < -0.4 is 5.73 Å². The molecular weight excluding hydrogens is 144 g/mol. The van der Waals surface area contributed by atoms with Crippen LogP contribution in [0.3, 0.4) is 0 Å². The van der Waals surface area contributed by atoms with E-state index in [4.69, 9.17) is 5.73 Å². The van der Waals surface area contributed by atoms with Crippen molar-refractivity contribution in [3.63, 3.8) is 0 Å². The van der Waals surface area contributed by atoms with Crippen molar-refractivity contribution in [2.24, 2.45) is 5.73 Å². The van der Waals surface area contributed by atoms with Crippen molar-refractivity contribution in [1.82, 2.24) is 4.98 Å². The number of aromatic nitrogens is 1. The van der Waals surface area contributed by atoms with Gasteiger partial charge in [-0.05, 0) is 13.0 Å². The van der Waals surface area contributed by atoms with Gasteiger partial charge in [0.15, 0.2) is 0 Å². The highest BCUT2D eigenvalue weighted by molar-refractivity contribution is 7.09. The quantitative estimate of drug-likeness (QED) is 0.699. The first-order chi connectivity index (χ1) is 4.83. The molecule has 0 bridgehead atoms. The summed E-state index contributed by atoms with van der Waals surface area (Å²) in [4.78, 5) is 4.22. The molecule has 54 valence electrons. The molecule has 0 saturated heterocycles. The molecule has 0 aliphatic carbocycles. The van der Waals surface area contributed by atoms with Crippen molar-refractivity contribution in [3.05, 3.63) is 22.2 Å². The lowest BCUT2D eigenvalue weighted by Gasteiger charge is -1.79. The topological polar surface area (TPSA) is 38.9 Å². The Hall–Kier alpha value is -0.670. The van der Waals surface area contributed by atoms with E-state index in [1.54, 1.807) is 11.3 Å². The monoisotopic (exact) mass is 154 g/mol. The van der Waals surface area contributed by atoms with Crippen LogP contribution in [0.1, 0.15) is 10.7 Å². The predicted molar refractivity (Wildman–Crippen MR) is 44.9 cm³/mol. The molecular formula is C7H10N2S. The molecule has 2 N–H and O–H groups in total. The first-order valence-electron chi connectivity index (χ1n) is 3.11. The van der Waals surface area contributed by atoms with Crippen molar-refractivity contribution in [1.29, 1.82) is 0 Å². The SMILES string of the molecule is Cc1nc(/C=C/CN)cs1. The minimum atomic E-state index is 0.580. The van der Waals surface area contributed by atoms with Gasteiger partial charge in [0.2, 0.25) is 0 Å². The number of thiazole rings is 1. The summed E-state index contributed by atoms with van der Waals surface area (Å²) < 4.78 is 0. The number of hydrogen-bond acceptors (Lipinski definition) is 3. The molecule has 0 fully saturated rings. The van der Waals surface area contributed by atoms with Gasteiger partial charge in [0.1, 0.15) is 0 Å². The standard InChI is InChI=1S/C7H10N2S/c1-6-9-7(5-10-6)3-2-4-8/h2-3,5H,4,8H2,1H3/b3-2+. The summed E-state index contributed by atoms with van der Waals surface area (Å²) in [6, 6.07) is 0. The van der Waals surface area contributed by atoms with Gasteiger partial charge in [-0.25, -0.2) is 4.98 Å². The van der Waals surface area contributed by atoms with Crippen molar-refractivity contribution in [3.8, 4) is 0 Å². The molecule has 0 saturated carbocycles. The van der Waals surface area contributed by atoms with E-state index in [2.05, 4.69) is 4.98 Å². The normalized spacial score (nSPS) is 11.0. The Morgan fingerprint density at radius 2 is 2.60 bits per heavy atom. The van der Waals surface area contributed by atoms with E-state index in [1.165, 1.54) is 0 Å². The Labute approximate surface area is 64.4 Å². The molecule has 10 heavy (non-hydrogen) atoms. The van der Waals surface area contributed by atoms with Gasteiger partial charge in [-0.1, -0.05) is 6.08 Å². The van der Waals surface area contributed by atoms with E-state index in [9.17, 15) is 0 Å². The van der Waals surface area contributed by atoms with Crippen LogP contribution >= 0.6 is 11.3 Å². The minimum Gasteiger partial charge on any atom is -0.327 e. The molecule has 0 aromatic carbocycles. The first kappa shape index (κ1) is 7.44. The van der Waals surface area contributed by atoms with Crippen LogP contribution in [0.5, 0.6) is 0 Å².